The second-order valence-corrected chi connectivity index (χ2v) is 4.26. The molecule has 0 bridgehead atoms. The Morgan fingerprint density at radius 2 is 2.12 bits per heavy atom. The Morgan fingerprint density at radius 1 is 1.19 bits per heavy atom. The first-order valence-electron chi connectivity index (χ1n) is 5.77. The first-order chi connectivity index (χ1) is 7.84. The summed E-state index contributed by atoms with van der Waals surface area (Å²) in [5, 5.41) is 6.19. The van der Waals surface area contributed by atoms with Crippen molar-refractivity contribution in [3.63, 3.8) is 0 Å². The van der Waals surface area contributed by atoms with Crippen LogP contribution >= 0.6 is 0 Å². The number of carbonyl (C=O) groups is 1. The Balaban J connectivity index is 1.93. The van der Waals surface area contributed by atoms with Crippen LogP contribution in [-0.2, 0) is 6.42 Å². The molecule has 1 aromatic carbocycles. The van der Waals surface area contributed by atoms with E-state index in [1.165, 1.54) is 17.7 Å². The maximum atomic E-state index is 11.5. The molecule has 0 aliphatic carbocycles. The van der Waals surface area contributed by atoms with Crippen molar-refractivity contribution in [2.75, 3.05) is 29.9 Å². The largest absolute Gasteiger partial charge is 0.385 e. The third-order valence-corrected chi connectivity index (χ3v) is 3.20. The van der Waals surface area contributed by atoms with Crippen LogP contribution in [-0.4, -0.2) is 25.7 Å². The molecule has 0 radical (unpaired) electrons. The number of aryl methyl sites for hydroxylation is 1. The molecule has 1 saturated heterocycles. The van der Waals surface area contributed by atoms with E-state index in [0.29, 0.717) is 0 Å². The van der Waals surface area contributed by atoms with Crippen LogP contribution in [0.3, 0.4) is 0 Å². The molecule has 4 nitrogen and oxygen atoms in total. The average molecular weight is 217 g/mol. The van der Waals surface area contributed by atoms with E-state index in [2.05, 4.69) is 22.8 Å². The Morgan fingerprint density at radius 3 is 2.94 bits per heavy atom. The molecule has 84 valence electrons. The molecule has 0 aromatic heterocycles. The Labute approximate surface area is 94.6 Å². The van der Waals surface area contributed by atoms with E-state index in [-0.39, 0.29) is 6.03 Å². The molecule has 0 spiro atoms. The number of amides is 2. The van der Waals surface area contributed by atoms with Gasteiger partial charge in [-0.25, -0.2) is 4.79 Å². The predicted molar refractivity (Wildman–Crippen MR) is 64.0 cm³/mol. The van der Waals surface area contributed by atoms with E-state index < -0.39 is 0 Å². The van der Waals surface area contributed by atoms with Crippen LogP contribution in [0.25, 0.3) is 0 Å². The third kappa shape index (κ3) is 1.50. The summed E-state index contributed by atoms with van der Waals surface area (Å²) >= 11 is 0. The van der Waals surface area contributed by atoms with Gasteiger partial charge in [0, 0.05) is 31.0 Å². The van der Waals surface area contributed by atoms with Crippen molar-refractivity contribution in [3.8, 4) is 0 Å². The Kier molecular flexibility index (Phi) is 2.20. The zero-order chi connectivity index (χ0) is 11.0. The number of urea groups is 1. The fourth-order valence-corrected chi connectivity index (χ4v) is 2.35. The monoisotopic (exact) mass is 217 g/mol. The number of fused-ring (bicyclic) bond motifs is 1. The number of benzene rings is 1. The van der Waals surface area contributed by atoms with Crippen LogP contribution in [0, 0.1) is 0 Å². The minimum absolute atomic E-state index is 0.0173. The van der Waals surface area contributed by atoms with E-state index in [9.17, 15) is 4.79 Å². The molecule has 3 rings (SSSR count). The highest BCUT2D eigenvalue weighted by Gasteiger charge is 2.22. The molecule has 1 aromatic rings. The number of nitrogens with one attached hydrogen (secondary N) is 2. The number of carbonyl (C=O) groups excluding carboxylic acids is 1. The van der Waals surface area contributed by atoms with Gasteiger partial charge >= 0.3 is 6.03 Å². The molecule has 2 aliphatic heterocycles. The molecule has 2 aliphatic rings. The van der Waals surface area contributed by atoms with Crippen LogP contribution in [0.5, 0.6) is 0 Å². The maximum Gasteiger partial charge on any atom is 0.321 e. The smallest absolute Gasteiger partial charge is 0.321 e. The van der Waals surface area contributed by atoms with E-state index >= 15 is 0 Å². The standard InChI is InChI=1S/C12H15N3O/c16-12-14-6-7-15(12)10-3-4-11-9(8-10)2-1-5-13-11/h3-4,8,13H,1-2,5-7H2,(H,14,16). The lowest BCUT2D eigenvalue weighted by Gasteiger charge is -2.21. The minimum Gasteiger partial charge on any atom is -0.385 e. The predicted octanol–water partition coefficient (Wildman–Crippen LogP) is 1.57. The van der Waals surface area contributed by atoms with Crippen LogP contribution in [0.15, 0.2) is 18.2 Å². The molecule has 0 saturated carbocycles. The van der Waals surface area contributed by atoms with Crippen molar-refractivity contribution in [1.29, 1.82) is 0 Å². The molecule has 2 heterocycles. The van der Waals surface area contributed by atoms with E-state index in [1.807, 2.05) is 6.07 Å². The summed E-state index contributed by atoms with van der Waals surface area (Å²) < 4.78 is 0. The van der Waals surface area contributed by atoms with Crippen molar-refractivity contribution in [2.24, 2.45) is 0 Å². The van der Waals surface area contributed by atoms with Gasteiger partial charge in [0.2, 0.25) is 0 Å². The fraction of sp³-hybridized carbons (Fsp3) is 0.417. The van der Waals surface area contributed by atoms with Crippen LogP contribution < -0.4 is 15.5 Å². The normalized spacial score (nSPS) is 19.0. The second kappa shape index (κ2) is 3.70. The first kappa shape index (κ1) is 9.51. The lowest BCUT2D eigenvalue weighted by molar-refractivity contribution is 0.252. The molecule has 2 amide bonds. The van der Waals surface area contributed by atoms with Gasteiger partial charge in [0.05, 0.1) is 0 Å². The number of rotatable bonds is 1. The summed E-state index contributed by atoms with van der Waals surface area (Å²) in [6, 6.07) is 6.24. The molecule has 4 heteroatoms. The molecule has 0 unspecified atom stereocenters. The van der Waals surface area contributed by atoms with Crippen LogP contribution in [0.4, 0.5) is 16.2 Å². The minimum atomic E-state index is 0.0173. The van der Waals surface area contributed by atoms with Crippen molar-refractivity contribution >= 4 is 17.4 Å². The fourth-order valence-electron chi connectivity index (χ4n) is 2.35. The lowest BCUT2D eigenvalue weighted by Crippen LogP contribution is -2.27. The molecule has 2 N–H and O–H groups in total. The summed E-state index contributed by atoms with van der Waals surface area (Å²) in [5.74, 6) is 0. The summed E-state index contributed by atoms with van der Waals surface area (Å²) in [7, 11) is 0. The Bertz CT molecular complexity index is 430. The molecule has 0 atom stereocenters. The van der Waals surface area contributed by atoms with Gasteiger partial charge < -0.3 is 10.6 Å². The average Bonchev–Trinajstić information content (AvgIpc) is 2.75. The van der Waals surface area contributed by atoms with Gasteiger partial charge in [-0.1, -0.05) is 0 Å². The van der Waals surface area contributed by atoms with Gasteiger partial charge in [0.1, 0.15) is 0 Å². The van der Waals surface area contributed by atoms with E-state index in [1.54, 1.807) is 4.90 Å². The van der Waals surface area contributed by atoms with Crippen LogP contribution in [0.2, 0.25) is 0 Å². The second-order valence-electron chi connectivity index (χ2n) is 4.26. The number of hydrogen-bond donors (Lipinski definition) is 2. The summed E-state index contributed by atoms with van der Waals surface area (Å²) in [5.41, 5.74) is 3.55. The zero-order valence-corrected chi connectivity index (χ0v) is 9.12. The topological polar surface area (TPSA) is 44.4 Å². The summed E-state index contributed by atoms with van der Waals surface area (Å²) in [6.07, 6.45) is 2.27. The molecular weight excluding hydrogens is 202 g/mol. The van der Waals surface area contributed by atoms with Gasteiger partial charge in [-0.15, -0.1) is 0 Å². The van der Waals surface area contributed by atoms with Gasteiger partial charge in [0.25, 0.3) is 0 Å². The van der Waals surface area contributed by atoms with E-state index in [0.717, 1.165) is 31.7 Å². The maximum absolute atomic E-state index is 11.5. The lowest BCUT2D eigenvalue weighted by atomic mass is 10.0. The summed E-state index contributed by atoms with van der Waals surface area (Å²) in [6.45, 7) is 2.57. The van der Waals surface area contributed by atoms with Crippen molar-refractivity contribution in [2.45, 2.75) is 12.8 Å². The molecule has 16 heavy (non-hydrogen) atoms. The Hall–Kier alpha value is -1.71. The van der Waals surface area contributed by atoms with Gasteiger partial charge in [0.15, 0.2) is 0 Å². The number of hydrogen-bond acceptors (Lipinski definition) is 2. The highest BCUT2D eigenvalue weighted by Crippen LogP contribution is 2.27. The van der Waals surface area contributed by atoms with E-state index in [4.69, 9.17) is 0 Å². The number of nitrogens with zero attached hydrogens (tertiary/aromatic N) is 1. The SMILES string of the molecule is O=C1NCCN1c1ccc2c(c1)CCCN2. The first-order valence-corrected chi connectivity index (χ1v) is 5.77. The molecule has 1 fully saturated rings. The quantitative estimate of drug-likeness (QED) is 0.750. The van der Waals surface area contributed by atoms with Gasteiger partial charge in [-0.05, 0) is 36.6 Å². The number of anilines is 2. The zero-order valence-electron chi connectivity index (χ0n) is 9.12. The highest BCUT2D eigenvalue weighted by atomic mass is 16.2. The van der Waals surface area contributed by atoms with Crippen LogP contribution in [0.1, 0.15) is 12.0 Å². The molecular formula is C12H15N3O. The van der Waals surface area contributed by atoms with Crippen molar-refractivity contribution in [1.82, 2.24) is 5.32 Å². The van der Waals surface area contributed by atoms with Crippen molar-refractivity contribution in [3.05, 3.63) is 23.8 Å². The highest BCUT2D eigenvalue weighted by molar-refractivity contribution is 5.94. The van der Waals surface area contributed by atoms with Gasteiger partial charge in [-0.2, -0.15) is 0 Å². The summed E-state index contributed by atoms with van der Waals surface area (Å²) in [4.78, 5) is 13.3. The van der Waals surface area contributed by atoms with Gasteiger partial charge in [-0.3, -0.25) is 4.90 Å². The third-order valence-electron chi connectivity index (χ3n) is 3.20. The van der Waals surface area contributed by atoms with Crippen molar-refractivity contribution < 1.29 is 4.79 Å².